The molecule has 0 bridgehead atoms. The maximum atomic E-state index is 12.0. The molecule has 8 nitrogen and oxygen atoms in total. The molecule has 0 fully saturated rings. The molecule has 0 radical (unpaired) electrons. The Morgan fingerprint density at radius 1 is 1.07 bits per heavy atom. The molecule has 9 heteroatoms. The zero-order valence-corrected chi connectivity index (χ0v) is 17.5. The van der Waals surface area contributed by atoms with Gasteiger partial charge in [0.05, 0.1) is 4.92 Å². The van der Waals surface area contributed by atoms with E-state index in [4.69, 9.17) is 4.74 Å². The van der Waals surface area contributed by atoms with E-state index in [-0.39, 0.29) is 17.4 Å². The van der Waals surface area contributed by atoms with Crippen LogP contribution in [0, 0.1) is 10.1 Å². The lowest BCUT2D eigenvalue weighted by Gasteiger charge is -2.22. The third-order valence-corrected chi connectivity index (χ3v) is 5.17. The minimum atomic E-state index is -0.523. The highest BCUT2D eigenvalue weighted by Crippen LogP contribution is 2.40. The van der Waals surface area contributed by atoms with Gasteiger partial charge in [0, 0.05) is 28.3 Å². The lowest BCUT2D eigenvalue weighted by molar-refractivity contribution is -0.385. The highest BCUT2D eigenvalue weighted by molar-refractivity contribution is 9.10. The van der Waals surface area contributed by atoms with Crippen molar-refractivity contribution in [3.63, 3.8) is 0 Å². The molecule has 0 saturated heterocycles. The van der Waals surface area contributed by atoms with E-state index < -0.39 is 4.92 Å². The average Bonchev–Trinajstić information content (AvgIpc) is 2.77. The first kappa shape index (κ1) is 19.7. The van der Waals surface area contributed by atoms with E-state index in [1.165, 1.54) is 6.33 Å². The molecule has 0 aliphatic rings. The lowest BCUT2D eigenvalue weighted by Crippen LogP contribution is -2.19. The van der Waals surface area contributed by atoms with Crippen molar-refractivity contribution in [3.05, 3.63) is 81.7 Å². The van der Waals surface area contributed by atoms with E-state index in [0.717, 1.165) is 15.5 Å². The maximum absolute atomic E-state index is 12.0. The van der Waals surface area contributed by atoms with Crippen LogP contribution in [0.25, 0.3) is 10.9 Å². The van der Waals surface area contributed by atoms with Crippen molar-refractivity contribution in [2.75, 3.05) is 11.4 Å². The predicted molar refractivity (Wildman–Crippen MR) is 117 cm³/mol. The number of hydrogen-bond acceptors (Lipinski definition) is 7. The normalized spacial score (nSPS) is 10.7. The minimum Gasteiger partial charge on any atom is -0.431 e. The van der Waals surface area contributed by atoms with E-state index in [2.05, 4.69) is 30.9 Å². The van der Waals surface area contributed by atoms with Gasteiger partial charge in [0.15, 0.2) is 5.75 Å². The van der Waals surface area contributed by atoms with Gasteiger partial charge in [-0.1, -0.05) is 40.2 Å². The molecule has 0 unspecified atom stereocenters. The molecule has 0 amide bonds. The predicted octanol–water partition coefficient (Wildman–Crippen LogP) is 5.65. The van der Waals surface area contributed by atoms with Crippen LogP contribution in [0.4, 0.5) is 17.2 Å². The molecule has 0 saturated carbocycles. The summed E-state index contributed by atoms with van der Waals surface area (Å²) in [6, 6.07) is 16.5. The Bertz CT molecular complexity index is 1220. The molecule has 0 spiro atoms. The zero-order valence-electron chi connectivity index (χ0n) is 15.9. The van der Waals surface area contributed by atoms with Crippen LogP contribution in [0.5, 0.6) is 11.6 Å². The number of nitrogens with zero attached hydrogens (tertiary/aromatic N) is 5. The number of aromatic nitrogens is 3. The number of halogens is 1. The highest BCUT2D eigenvalue weighted by atomic mass is 79.9. The second kappa shape index (κ2) is 8.42. The summed E-state index contributed by atoms with van der Waals surface area (Å²) in [6.07, 6.45) is 2.90. The maximum Gasteiger partial charge on any atom is 0.373 e. The van der Waals surface area contributed by atoms with E-state index in [0.29, 0.717) is 17.8 Å². The molecular weight excluding hydrogens is 450 g/mol. The summed E-state index contributed by atoms with van der Waals surface area (Å²) in [7, 11) is 0. The second-order valence-electron chi connectivity index (χ2n) is 6.24. The molecule has 2 heterocycles. The number of ether oxygens (including phenoxy) is 1. The Morgan fingerprint density at radius 2 is 1.87 bits per heavy atom. The first-order valence-corrected chi connectivity index (χ1v) is 9.92. The number of rotatable bonds is 6. The quantitative estimate of drug-likeness (QED) is 0.268. The van der Waals surface area contributed by atoms with Crippen molar-refractivity contribution in [3.8, 4) is 11.6 Å². The molecule has 0 aliphatic heterocycles. The number of para-hydroxylation sites is 1. The monoisotopic (exact) mass is 465 g/mol. The average molecular weight is 466 g/mol. The van der Waals surface area contributed by atoms with Crippen LogP contribution >= 0.6 is 15.9 Å². The van der Waals surface area contributed by atoms with Crippen LogP contribution in [0.15, 0.2) is 71.6 Å². The van der Waals surface area contributed by atoms with Gasteiger partial charge in [0.25, 0.3) is 0 Å². The first-order chi connectivity index (χ1) is 14.6. The third kappa shape index (κ3) is 3.67. The fraction of sp³-hybridized carbons (Fsp3) is 0.0952. The summed E-state index contributed by atoms with van der Waals surface area (Å²) < 4.78 is 6.75. The number of nitro groups is 1. The second-order valence-corrected chi connectivity index (χ2v) is 7.09. The van der Waals surface area contributed by atoms with Crippen molar-refractivity contribution < 1.29 is 9.66 Å². The summed E-state index contributed by atoms with van der Waals surface area (Å²) in [5, 5.41) is 12.8. The van der Waals surface area contributed by atoms with Gasteiger partial charge in [-0.25, -0.2) is 4.98 Å². The molecule has 0 aliphatic carbocycles. The number of pyridine rings is 1. The van der Waals surface area contributed by atoms with Crippen molar-refractivity contribution in [1.29, 1.82) is 0 Å². The topological polar surface area (TPSA) is 94.3 Å². The Labute approximate surface area is 180 Å². The van der Waals surface area contributed by atoms with Gasteiger partial charge >= 0.3 is 11.6 Å². The molecule has 0 atom stereocenters. The van der Waals surface area contributed by atoms with Crippen LogP contribution in [0.2, 0.25) is 0 Å². The van der Waals surface area contributed by atoms with Gasteiger partial charge in [-0.15, -0.1) is 0 Å². The molecular formula is C21H16BrN5O3. The summed E-state index contributed by atoms with van der Waals surface area (Å²) in [5.74, 6) is 0.381. The molecule has 4 rings (SSSR count). The molecule has 30 heavy (non-hydrogen) atoms. The molecule has 0 N–H and O–H groups in total. The van der Waals surface area contributed by atoms with Crippen molar-refractivity contribution in [2.24, 2.45) is 0 Å². The largest absolute Gasteiger partial charge is 0.431 e. The van der Waals surface area contributed by atoms with Gasteiger partial charge in [-0.05, 0) is 37.3 Å². The van der Waals surface area contributed by atoms with Crippen LogP contribution in [-0.4, -0.2) is 26.4 Å². The van der Waals surface area contributed by atoms with E-state index in [1.54, 1.807) is 29.3 Å². The number of benzene rings is 2. The van der Waals surface area contributed by atoms with Crippen molar-refractivity contribution >= 4 is 44.0 Å². The summed E-state index contributed by atoms with van der Waals surface area (Å²) in [4.78, 5) is 25.8. The Balaban J connectivity index is 1.84. The van der Waals surface area contributed by atoms with Gasteiger partial charge in [-0.2, -0.15) is 4.98 Å². The van der Waals surface area contributed by atoms with Gasteiger partial charge in [0.2, 0.25) is 5.82 Å². The van der Waals surface area contributed by atoms with Gasteiger partial charge in [-0.3, -0.25) is 15.1 Å². The van der Waals surface area contributed by atoms with E-state index in [9.17, 15) is 10.1 Å². The van der Waals surface area contributed by atoms with E-state index >= 15 is 0 Å². The van der Waals surface area contributed by atoms with Crippen LogP contribution in [-0.2, 0) is 0 Å². The molecule has 2 aromatic heterocycles. The third-order valence-electron chi connectivity index (χ3n) is 4.48. The fourth-order valence-corrected chi connectivity index (χ4v) is 3.60. The Kier molecular flexibility index (Phi) is 5.53. The van der Waals surface area contributed by atoms with Crippen LogP contribution in [0.1, 0.15) is 6.92 Å². The summed E-state index contributed by atoms with van der Waals surface area (Å²) in [6.45, 7) is 2.37. The minimum absolute atomic E-state index is 0.145. The smallest absolute Gasteiger partial charge is 0.373 e. The standard InChI is InChI=1S/C21H16BrN5O3/c1-2-26(14-7-4-3-5-8-14)20-19(27(28)29)21(25-13-24-20)30-17-11-10-16(22)15-9-6-12-23-18(15)17/h3-13H,2H2,1H3. The van der Waals surface area contributed by atoms with Crippen LogP contribution < -0.4 is 9.64 Å². The molecule has 2 aromatic carbocycles. The molecule has 4 aromatic rings. The number of fused-ring (bicyclic) bond motifs is 1. The lowest BCUT2D eigenvalue weighted by atomic mass is 10.2. The van der Waals surface area contributed by atoms with Crippen molar-refractivity contribution in [1.82, 2.24) is 15.0 Å². The van der Waals surface area contributed by atoms with E-state index in [1.807, 2.05) is 43.3 Å². The fourth-order valence-electron chi connectivity index (χ4n) is 3.15. The Hall–Kier alpha value is -3.59. The van der Waals surface area contributed by atoms with Gasteiger partial charge in [0.1, 0.15) is 11.8 Å². The number of anilines is 2. The SMILES string of the molecule is CCN(c1ccccc1)c1ncnc(Oc2ccc(Br)c3cccnc23)c1[N+](=O)[O-]. The highest BCUT2D eigenvalue weighted by Gasteiger charge is 2.29. The van der Waals surface area contributed by atoms with Crippen molar-refractivity contribution in [2.45, 2.75) is 6.92 Å². The first-order valence-electron chi connectivity index (χ1n) is 9.13. The zero-order chi connectivity index (χ0) is 21.1. The molecule has 150 valence electrons. The van der Waals surface area contributed by atoms with Crippen LogP contribution in [0.3, 0.4) is 0 Å². The summed E-state index contributed by atoms with van der Waals surface area (Å²) >= 11 is 3.48. The summed E-state index contributed by atoms with van der Waals surface area (Å²) in [5.41, 5.74) is 1.04. The Morgan fingerprint density at radius 3 is 2.60 bits per heavy atom. The number of hydrogen-bond donors (Lipinski definition) is 0. The van der Waals surface area contributed by atoms with Gasteiger partial charge < -0.3 is 9.64 Å².